The van der Waals surface area contributed by atoms with Gasteiger partial charge in [-0.25, -0.2) is 4.79 Å². The van der Waals surface area contributed by atoms with Crippen LogP contribution in [-0.4, -0.2) is 24.1 Å². The van der Waals surface area contributed by atoms with E-state index in [1.807, 2.05) is 25.7 Å². The molecule has 0 amide bonds. The lowest BCUT2D eigenvalue weighted by Gasteiger charge is -2.16. The number of hydrogen-bond donors (Lipinski definition) is 0. The van der Waals surface area contributed by atoms with Crippen molar-refractivity contribution in [2.24, 2.45) is 7.05 Å². The van der Waals surface area contributed by atoms with E-state index in [1.54, 1.807) is 11.7 Å². The Morgan fingerprint density at radius 1 is 1.50 bits per heavy atom. The number of aryl methyl sites for hydroxylation is 2. The topological polar surface area (TPSA) is 44.1 Å². The third kappa shape index (κ3) is 3.48. The van der Waals surface area contributed by atoms with Crippen LogP contribution in [0.2, 0.25) is 19.6 Å². The summed E-state index contributed by atoms with van der Waals surface area (Å²) in [5, 5.41) is 4.28. The van der Waals surface area contributed by atoms with Gasteiger partial charge in [-0.3, -0.25) is 4.68 Å². The summed E-state index contributed by atoms with van der Waals surface area (Å²) in [7, 11) is -0.0482. The van der Waals surface area contributed by atoms with Crippen LogP contribution in [0.5, 0.6) is 0 Å². The number of carbonyl (C=O) groups is 1. The summed E-state index contributed by atoms with van der Waals surface area (Å²) < 4.78 is 7.04. The minimum absolute atomic E-state index is 0.253. The van der Waals surface area contributed by atoms with Gasteiger partial charge < -0.3 is 4.43 Å². The van der Waals surface area contributed by atoms with Crippen LogP contribution in [0.15, 0.2) is 6.07 Å². The maximum atomic E-state index is 11.9. The van der Waals surface area contributed by atoms with Crippen molar-refractivity contribution in [3.63, 3.8) is 0 Å². The highest BCUT2D eigenvalue weighted by Gasteiger charge is 2.23. The molecule has 0 radical (unpaired) electrons. The van der Waals surface area contributed by atoms with Crippen molar-refractivity contribution in [2.45, 2.75) is 39.4 Å². The molecule has 90 valence electrons. The second kappa shape index (κ2) is 4.82. The zero-order valence-corrected chi connectivity index (χ0v) is 11.7. The molecule has 0 fully saturated rings. The largest absolute Gasteiger partial charge is 0.515 e. The number of aromatic nitrogens is 2. The Morgan fingerprint density at radius 2 is 2.12 bits per heavy atom. The number of carbonyl (C=O) groups excluding carboxylic acids is 1. The molecule has 1 heterocycles. The highest BCUT2D eigenvalue weighted by Crippen LogP contribution is 2.11. The predicted molar refractivity (Wildman–Crippen MR) is 66.0 cm³/mol. The molecule has 4 nitrogen and oxygen atoms in total. The number of rotatable bonds is 4. The average Bonchev–Trinajstić information content (AvgIpc) is 2.44. The standard InChI is InChI=1S/C11H20N2O2Si/c1-6-7-9-8-10(13(2)12-9)11(14)15-16(3,4)5/h8H,6-7H2,1-5H3. The molecule has 16 heavy (non-hydrogen) atoms. The fourth-order valence-electron chi connectivity index (χ4n) is 1.43. The zero-order chi connectivity index (χ0) is 12.3. The van der Waals surface area contributed by atoms with Gasteiger partial charge in [0.15, 0.2) is 0 Å². The molecule has 1 aromatic heterocycles. The fraction of sp³-hybridized carbons (Fsp3) is 0.636. The summed E-state index contributed by atoms with van der Waals surface area (Å²) in [5.74, 6) is -0.253. The van der Waals surface area contributed by atoms with Crippen molar-refractivity contribution in [3.05, 3.63) is 17.5 Å². The van der Waals surface area contributed by atoms with Gasteiger partial charge in [0.1, 0.15) is 5.69 Å². The highest BCUT2D eigenvalue weighted by atomic mass is 28.4. The van der Waals surface area contributed by atoms with Crippen LogP contribution in [0.25, 0.3) is 0 Å². The lowest BCUT2D eigenvalue weighted by molar-refractivity contribution is 0.0713. The van der Waals surface area contributed by atoms with Crippen LogP contribution in [-0.2, 0) is 17.9 Å². The molecule has 0 saturated carbocycles. The van der Waals surface area contributed by atoms with Crippen LogP contribution in [0.1, 0.15) is 29.5 Å². The predicted octanol–water partition coefficient (Wildman–Crippen LogP) is 2.36. The molecular formula is C11H20N2O2Si. The molecule has 0 saturated heterocycles. The quantitative estimate of drug-likeness (QED) is 0.759. The van der Waals surface area contributed by atoms with Gasteiger partial charge in [-0.15, -0.1) is 0 Å². The van der Waals surface area contributed by atoms with Crippen LogP contribution >= 0.6 is 0 Å². The maximum absolute atomic E-state index is 11.9. The minimum atomic E-state index is -1.83. The van der Waals surface area contributed by atoms with Gasteiger partial charge in [0.25, 0.3) is 0 Å². The monoisotopic (exact) mass is 240 g/mol. The lowest BCUT2D eigenvalue weighted by atomic mass is 10.2. The number of nitrogens with zero attached hydrogens (tertiary/aromatic N) is 2. The van der Waals surface area contributed by atoms with Crippen LogP contribution in [0.3, 0.4) is 0 Å². The minimum Gasteiger partial charge on any atom is -0.515 e. The van der Waals surface area contributed by atoms with E-state index in [4.69, 9.17) is 4.43 Å². The normalized spacial score (nSPS) is 11.6. The highest BCUT2D eigenvalue weighted by molar-refractivity contribution is 6.71. The molecule has 1 aromatic rings. The maximum Gasteiger partial charge on any atom is 0.343 e. The van der Waals surface area contributed by atoms with Gasteiger partial charge in [0.2, 0.25) is 8.32 Å². The summed E-state index contributed by atoms with van der Waals surface area (Å²) in [4.78, 5) is 11.9. The Bertz CT molecular complexity index is 380. The molecule has 5 heteroatoms. The molecule has 1 rings (SSSR count). The summed E-state index contributed by atoms with van der Waals surface area (Å²) in [6, 6.07) is 1.83. The number of hydrogen-bond acceptors (Lipinski definition) is 3. The van der Waals surface area contributed by atoms with Gasteiger partial charge in [-0.2, -0.15) is 5.10 Å². The fourth-order valence-corrected chi connectivity index (χ4v) is 2.09. The molecule has 0 aliphatic carbocycles. The second-order valence-electron chi connectivity index (χ2n) is 4.90. The Morgan fingerprint density at radius 3 is 2.62 bits per heavy atom. The molecule has 0 aliphatic heterocycles. The van der Waals surface area contributed by atoms with Gasteiger partial charge in [0, 0.05) is 7.05 Å². The van der Waals surface area contributed by atoms with Crippen LogP contribution in [0.4, 0.5) is 0 Å². The van der Waals surface area contributed by atoms with Crippen LogP contribution < -0.4 is 0 Å². The van der Waals surface area contributed by atoms with E-state index in [-0.39, 0.29) is 5.97 Å². The first-order valence-electron chi connectivity index (χ1n) is 5.59. The van der Waals surface area contributed by atoms with E-state index in [2.05, 4.69) is 12.0 Å². The molecule has 0 unspecified atom stereocenters. The van der Waals surface area contributed by atoms with Gasteiger partial charge in [-0.1, -0.05) is 13.3 Å². The van der Waals surface area contributed by atoms with Crippen molar-refractivity contribution in [2.75, 3.05) is 0 Å². The molecular weight excluding hydrogens is 220 g/mol. The summed E-state index contributed by atoms with van der Waals surface area (Å²) in [6.45, 7) is 8.07. The molecule has 0 bridgehead atoms. The van der Waals surface area contributed by atoms with E-state index in [1.165, 1.54) is 0 Å². The van der Waals surface area contributed by atoms with Crippen molar-refractivity contribution < 1.29 is 9.22 Å². The van der Waals surface area contributed by atoms with Gasteiger partial charge >= 0.3 is 5.97 Å². The summed E-state index contributed by atoms with van der Waals surface area (Å²) in [6.07, 6.45) is 1.92. The Hall–Kier alpha value is -1.10. The van der Waals surface area contributed by atoms with Crippen molar-refractivity contribution in [1.82, 2.24) is 9.78 Å². The van der Waals surface area contributed by atoms with Crippen molar-refractivity contribution in [3.8, 4) is 0 Å². The van der Waals surface area contributed by atoms with Crippen molar-refractivity contribution in [1.29, 1.82) is 0 Å². The van der Waals surface area contributed by atoms with E-state index >= 15 is 0 Å². The van der Waals surface area contributed by atoms with E-state index < -0.39 is 8.32 Å². The summed E-state index contributed by atoms with van der Waals surface area (Å²) in [5.41, 5.74) is 1.50. The average molecular weight is 240 g/mol. The first-order valence-corrected chi connectivity index (χ1v) is 9.00. The Balaban J connectivity index is 2.83. The van der Waals surface area contributed by atoms with E-state index in [0.717, 1.165) is 18.5 Å². The van der Waals surface area contributed by atoms with E-state index in [9.17, 15) is 4.79 Å². The Kier molecular flexibility index (Phi) is 3.91. The third-order valence-corrected chi connectivity index (χ3v) is 2.84. The smallest absolute Gasteiger partial charge is 0.343 e. The molecule has 0 aromatic carbocycles. The second-order valence-corrected chi connectivity index (χ2v) is 9.33. The zero-order valence-electron chi connectivity index (χ0n) is 10.7. The Labute approximate surface area is 97.7 Å². The molecule has 0 spiro atoms. The first kappa shape index (κ1) is 13.0. The molecule has 0 aliphatic rings. The molecule has 0 atom stereocenters. The first-order chi connectivity index (χ1) is 7.33. The summed E-state index contributed by atoms with van der Waals surface area (Å²) >= 11 is 0. The van der Waals surface area contributed by atoms with Gasteiger partial charge in [0.05, 0.1) is 5.69 Å². The third-order valence-electron chi connectivity index (χ3n) is 2.04. The van der Waals surface area contributed by atoms with Crippen molar-refractivity contribution >= 4 is 14.3 Å². The van der Waals surface area contributed by atoms with E-state index in [0.29, 0.717) is 5.69 Å². The lowest BCUT2D eigenvalue weighted by Crippen LogP contribution is -2.30. The molecule has 0 N–H and O–H groups in total. The SMILES string of the molecule is CCCc1cc(C(=O)O[Si](C)(C)C)n(C)n1. The van der Waals surface area contributed by atoms with Gasteiger partial charge in [-0.05, 0) is 32.1 Å². The van der Waals surface area contributed by atoms with Crippen LogP contribution in [0, 0.1) is 0 Å².